The standard InChI is InChI=1S/C17H19NO4S/c19-17(15-10-6-11-16(13-15)23(20,21)22)18-12-5-4-9-14-7-2-1-3-8-14/h1-3,6-8,10-11,13H,4-5,9,12H2,(H,18,19)(H,20,21,22). The van der Waals surface area contributed by atoms with Crippen LogP contribution in [-0.4, -0.2) is 25.4 Å². The molecule has 0 saturated heterocycles. The molecule has 1 amide bonds. The van der Waals surface area contributed by atoms with E-state index < -0.39 is 10.1 Å². The van der Waals surface area contributed by atoms with Gasteiger partial charge in [0.05, 0.1) is 4.90 Å². The van der Waals surface area contributed by atoms with Crippen LogP contribution in [0.3, 0.4) is 0 Å². The zero-order valence-corrected chi connectivity index (χ0v) is 13.4. The van der Waals surface area contributed by atoms with Crippen LogP contribution in [0, 0.1) is 0 Å². The number of carbonyl (C=O) groups is 1. The molecule has 0 atom stereocenters. The van der Waals surface area contributed by atoms with Gasteiger partial charge < -0.3 is 5.32 Å². The minimum Gasteiger partial charge on any atom is -0.352 e. The van der Waals surface area contributed by atoms with Gasteiger partial charge in [-0.25, -0.2) is 0 Å². The highest BCUT2D eigenvalue weighted by atomic mass is 32.2. The lowest BCUT2D eigenvalue weighted by atomic mass is 10.1. The second-order valence-electron chi connectivity index (χ2n) is 5.20. The SMILES string of the molecule is O=C(NCCCCc1ccccc1)c1cccc(S(=O)(=O)O)c1. The smallest absolute Gasteiger partial charge is 0.294 e. The number of carbonyl (C=O) groups excluding carboxylic acids is 1. The molecule has 2 aromatic carbocycles. The predicted octanol–water partition coefficient (Wildman–Crippen LogP) is 2.69. The van der Waals surface area contributed by atoms with E-state index in [4.69, 9.17) is 4.55 Å². The highest BCUT2D eigenvalue weighted by Gasteiger charge is 2.12. The molecule has 0 unspecified atom stereocenters. The monoisotopic (exact) mass is 333 g/mol. The molecule has 2 rings (SSSR count). The molecule has 0 aliphatic rings. The van der Waals surface area contributed by atoms with Gasteiger partial charge in [0.25, 0.3) is 16.0 Å². The summed E-state index contributed by atoms with van der Waals surface area (Å²) in [5.41, 5.74) is 1.47. The second kappa shape index (κ2) is 7.89. The van der Waals surface area contributed by atoms with Crippen LogP contribution in [0.5, 0.6) is 0 Å². The summed E-state index contributed by atoms with van der Waals surface area (Å²) in [7, 11) is -4.30. The van der Waals surface area contributed by atoms with Gasteiger partial charge in [-0.15, -0.1) is 0 Å². The Labute approximate surface area is 136 Å². The summed E-state index contributed by atoms with van der Waals surface area (Å²) in [6.07, 6.45) is 2.74. The van der Waals surface area contributed by atoms with E-state index in [9.17, 15) is 13.2 Å². The van der Waals surface area contributed by atoms with Crippen molar-refractivity contribution in [1.29, 1.82) is 0 Å². The number of unbranched alkanes of at least 4 members (excludes halogenated alkanes) is 1. The van der Waals surface area contributed by atoms with Crippen molar-refractivity contribution in [3.05, 3.63) is 65.7 Å². The average molecular weight is 333 g/mol. The molecule has 2 aromatic rings. The fourth-order valence-corrected chi connectivity index (χ4v) is 2.73. The van der Waals surface area contributed by atoms with Gasteiger partial charge in [0.2, 0.25) is 0 Å². The summed E-state index contributed by atoms with van der Waals surface area (Å²) in [5.74, 6) is -0.352. The zero-order chi connectivity index (χ0) is 16.7. The Balaban J connectivity index is 1.79. The molecule has 23 heavy (non-hydrogen) atoms. The predicted molar refractivity (Wildman–Crippen MR) is 88.0 cm³/mol. The van der Waals surface area contributed by atoms with Gasteiger partial charge in [0.1, 0.15) is 0 Å². The van der Waals surface area contributed by atoms with E-state index in [2.05, 4.69) is 17.4 Å². The number of amides is 1. The average Bonchev–Trinajstić information content (AvgIpc) is 2.54. The van der Waals surface area contributed by atoms with Gasteiger partial charge in [-0.1, -0.05) is 36.4 Å². The van der Waals surface area contributed by atoms with E-state index in [-0.39, 0.29) is 16.4 Å². The number of nitrogens with one attached hydrogen (secondary N) is 1. The third-order valence-electron chi connectivity index (χ3n) is 3.41. The van der Waals surface area contributed by atoms with Gasteiger partial charge in [-0.2, -0.15) is 8.42 Å². The van der Waals surface area contributed by atoms with E-state index >= 15 is 0 Å². The first-order valence-corrected chi connectivity index (χ1v) is 8.80. The largest absolute Gasteiger partial charge is 0.352 e. The molecule has 0 aliphatic carbocycles. The fraction of sp³-hybridized carbons (Fsp3) is 0.235. The maximum absolute atomic E-state index is 12.0. The first-order chi connectivity index (χ1) is 11.0. The van der Waals surface area contributed by atoms with E-state index in [1.165, 1.54) is 23.8 Å². The molecule has 2 N–H and O–H groups in total. The van der Waals surface area contributed by atoms with Gasteiger partial charge in [-0.3, -0.25) is 9.35 Å². The molecular weight excluding hydrogens is 314 g/mol. The van der Waals surface area contributed by atoms with Crippen LogP contribution < -0.4 is 5.32 Å². The molecule has 6 heteroatoms. The fourth-order valence-electron chi connectivity index (χ4n) is 2.20. The van der Waals surface area contributed by atoms with Crippen LogP contribution in [0.1, 0.15) is 28.8 Å². The van der Waals surface area contributed by atoms with E-state index in [1.54, 1.807) is 0 Å². The van der Waals surface area contributed by atoms with Crippen LogP contribution in [0.4, 0.5) is 0 Å². The molecule has 5 nitrogen and oxygen atoms in total. The maximum atomic E-state index is 12.0. The first-order valence-electron chi connectivity index (χ1n) is 7.36. The minimum absolute atomic E-state index is 0.211. The molecule has 0 aliphatic heterocycles. The van der Waals surface area contributed by atoms with E-state index in [0.29, 0.717) is 6.54 Å². The number of hydrogen-bond donors (Lipinski definition) is 2. The normalized spacial score (nSPS) is 11.2. The van der Waals surface area contributed by atoms with Crippen molar-refractivity contribution in [3.63, 3.8) is 0 Å². The Bertz CT molecular complexity index is 757. The molecule has 0 fully saturated rings. The lowest BCUT2D eigenvalue weighted by Gasteiger charge is -2.06. The van der Waals surface area contributed by atoms with Crippen molar-refractivity contribution in [2.75, 3.05) is 6.54 Å². The number of rotatable bonds is 7. The number of aryl methyl sites for hydroxylation is 1. The van der Waals surface area contributed by atoms with Crippen molar-refractivity contribution in [3.8, 4) is 0 Å². The zero-order valence-electron chi connectivity index (χ0n) is 12.6. The highest BCUT2D eigenvalue weighted by molar-refractivity contribution is 7.85. The second-order valence-corrected chi connectivity index (χ2v) is 6.62. The van der Waals surface area contributed by atoms with Crippen LogP contribution >= 0.6 is 0 Å². The van der Waals surface area contributed by atoms with E-state index in [0.717, 1.165) is 25.3 Å². The third kappa shape index (κ3) is 5.50. The molecular formula is C17H19NO4S. The summed E-state index contributed by atoms with van der Waals surface area (Å²) in [5, 5.41) is 2.75. The summed E-state index contributed by atoms with van der Waals surface area (Å²) in [6, 6.07) is 15.4. The molecule has 0 saturated carbocycles. The van der Waals surface area contributed by atoms with Crippen LogP contribution in [0.15, 0.2) is 59.5 Å². The van der Waals surface area contributed by atoms with Crippen molar-refractivity contribution in [2.24, 2.45) is 0 Å². The Morgan fingerprint density at radius 1 is 1.00 bits per heavy atom. The quantitative estimate of drug-likeness (QED) is 0.603. The lowest BCUT2D eigenvalue weighted by molar-refractivity contribution is 0.0953. The molecule has 122 valence electrons. The Morgan fingerprint density at radius 3 is 2.43 bits per heavy atom. The summed E-state index contributed by atoms with van der Waals surface area (Å²) < 4.78 is 31.1. The van der Waals surface area contributed by atoms with Gasteiger partial charge in [0, 0.05) is 12.1 Å². The Kier molecular flexibility index (Phi) is 5.90. The molecule has 0 aromatic heterocycles. The highest BCUT2D eigenvalue weighted by Crippen LogP contribution is 2.11. The Hall–Kier alpha value is -2.18. The summed E-state index contributed by atoms with van der Waals surface area (Å²) in [4.78, 5) is 11.7. The number of benzene rings is 2. The molecule has 0 bridgehead atoms. The van der Waals surface area contributed by atoms with E-state index in [1.807, 2.05) is 18.2 Å². The maximum Gasteiger partial charge on any atom is 0.294 e. The van der Waals surface area contributed by atoms with Crippen molar-refractivity contribution >= 4 is 16.0 Å². The lowest BCUT2D eigenvalue weighted by Crippen LogP contribution is -2.24. The van der Waals surface area contributed by atoms with Gasteiger partial charge in [0.15, 0.2) is 0 Å². The third-order valence-corrected chi connectivity index (χ3v) is 4.26. The topological polar surface area (TPSA) is 83.5 Å². The Morgan fingerprint density at radius 2 is 1.74 bits per heavy atom. The van der Waals surface area contributed by atoms with Crippen molar-refractivity contribution in [2.45, 2.75) is 24.2 Å². The van der Waals surface area contributed by atoms with Crippen molar-refractivity contribution < 1.29 is 17.8 Å². The van der Waals surface area contributed by atoms with Crippen LogP contribution in [0.2, 0.25) is 0 Å². The molecule has 0 spiro atoms. The summed E-state index contributed by atoms with van der Waals surface area (Å²) >= 11 is 0. The van der Waals surface area contributed by atoms with Crippen LogP contribution in [-0.2, 0) is 16.5 Å². The first kappa shape index (κ1) is 17.2. The van der Waals surface area contributed by atoms with Gasteiger partial charge in [-0.05, 0) is 43.0 Å². The minimum atomic E-state index is -4.30. The van der Waals surface area contributed by atoms with Crippen LogP contribution in [0.25, 0.3) is 0 Å². The number of hydrogen-bond acceptors (Lipinski definition) is 3. The van der Waals surface area contributed by atoms with Crippen molar-refractivity contribution in [1.82, 2.24) is 5.32 Å². The molecule has 0 radical (unpaired) electrons. The summed E-state index contributed by atoms with van der Waals surface area (Å²) in [6.45, 7) is 0.516. The van der Waals surface area contributed by atoms with Gasteiger partial charge >= 0.3 is 0 Å². The molecule has 0 heterocycles.